The van der Waals surface area contributed by atoms with Crippen LogP contribution in [0.15, 0.2) is 22.7 Å². The first-order chi connectivity index (χ1) is 10.2. The van der Waals surface area contributed by atoms with E-state index in [-0.39, 0.29) is 5.91 Å². The second-order valence-corrected chi connectivity index (χ2v) is 6.70. The van der Waals surface area contributed by atoms with Gasteiger partial charge >= 0.3 is 0 Å². The summed E-state index contributed by atoms with van der Waals surface area (Å²) in [6, 6.07) is 6.14. The van der Waals surface area contributed by atoms with Gasteiger partial charge in [0.25, 0.3) is 5.91 Å². The van der Waals surface area contributed by atoms with Gasteiger partial charge in [0.05, 0.1) is 12.7 Å². The van der Waals surface area contributed by atoms with Gasteiger partial charge in [-0.3, -0.25) is 9.69 Å². The van der Waals surface area contributed by atoms with Crippen LogP contribution in [0, 0.1) is 0 Å². The molecule has 2 saturated heterocycles. The summed E-state index contributed by atoms with van der Waals surface area (Å²) in [5.41, 5.74) is 0.659. The van der Waals surface area contributed by atoms with Crippen molar-refractivity contribution in [1.82, 2.24) is 9.80 Å². The number of amides is 1. The van der Waals surface area contributed by atoms with E-state index in [2.05, 4.69) is 20.8 Å². The van der Waals surface area contributed by atoms with E-state index >= 15 is 0 Å². The average Bonchev–Trinajstić information content (AvgIpc) is 2.83. The lowest BCUT2D eigenvalue weighted by Gasteiger charge is -2.26. The Morgan fingerprint density at radius 2 is 2.10 bits per heavy atom. The molecular weight excluding hydrogens is 332 g/mol. The van der Waals surface area contributed by atoms with Crippen molar-refractivity contribution < 1.29 is 9.53 Å². The molecule has 21 heavy (non-hydrogen) atoms. The Balaban J connectivity index is 1.81. The predicted molar refractivity (Wildman–Crippen MR) is 85.8 cm³/mol. The molecule has 1 amide bonds. The van der Waals surface area contributed by atoms with E-state index < -0.39 is 0 Å². The van der Waals surface area contributed by atoms with Crippen LogP contribution < -0.4 is 4.74 Å². The number of methoxy groups -OCH3 is 1. The van der Waals surface area contributed by atoms with Crippen molar-refractivity contribution in [2.75, 3.05) is 33.3 Å². The number of hydrogen-bond donors (Lipinski definition) is 0. The third-order valence-electron chi connectivity index (χ3n) is 4.48. The molecule has 3 rings (SSSR count). The molecule has 0 bridgehead atoms. The molecule has 0 saturated carbocycles. The van der Waals surface area contributed by atoms with Crippen molar-refractivity contribution >= 4 is 21.8 Å². The smallest absolute Gasteiger partial charge is 0.257 e. The minimum atomic E-state index is 0.0908. The van der Waals surface area contributed by atoms with Crippen LogP contribution in [0.4, 0.5) is 0 Å². The van der Waals surface area contributed by atoms with Gasteiger partial charge in [-0.15, -0.1) is 0 Å². The number of fused-ring (bicyclic) bond motifs is 1. The molecule has 0 aliphatic carbocycles. The second-order valence-electron chi connectivity index (χ2n) is 5.78. The fourth-order valence-electron chi connectivity index (χ4n) is 3.40. The molecule has 5 heteroatoms. The first-order valence-electron chi connectivity index (χ1n) is 7.56. The van der Waals surface area contributed by atoms with Gasteiger partial charge in [0.15, 0.2) is 0 Å². The highest BCUT2D eigenvalue weighted by atomic mass is 79.9. The Kier molecular flexibility index (Phi) is 4.50. The van der Waals surface area contributed by atoms with Crippen LogP contribution >= 0.6 is 15.9 Å². The maximum atomic E-state index is 12.8. The fourth-order valence-corrected chi connectivity index (χ4v) is 3.74. The molecule has 4 nitrogen and oxygen atoms in total. The van der Waals surface area contributed by atoms with Gasteiger partial charge in [-0.2, -0.15) is 0 Å². The van der Waals surface area contributed by atoms with Crippen LogP contribution in [-0.2, 0) is 0 Å². The number of carbonyl (C=O) groups excluding carboxylic acids is 1. The molecule has 1 atom stereocenters. The molecule has 0 radical (unpaired) electrons. The molecule has 0 aromatic heterocycles. The molecule has 1 aromatic carbocycles. The standard InChI is InChI=1S/C16H21BrN2O2/c1-21-15-10-12(17)5-6-14(15)16(20)19-9-3-8-18-7-2-4-13(18)11-19/h5-6,10,13H,2-4,7-9,11H2,1H3. The SMILES string of the molecule is COc1cc(Br)ccc1C(=O)N1CCCN2CCCC2C1. The first kappa shape index (κ1) is 14.9. The van der Waals surface area contributed by atoms with E-state index in [1.807, 2.05) is 23.1 Å². The lowest BCUT2D eigenvalue weighted by molar-refractivity contribution is 0.0740. The average molecular weight is 353 g/mol. The lowest BCUT2D eigenvalue weighted by Crippen LogP contribution is -2.39. The third-order valence-corrected chi connectivity index (χ3v) is 4.98. The summed E-state index contributed by atoms with van der Waals surface area (Å²) in [6.07, 6.45) is 3.52. The summed E-state index contributed by atoms with van der Waals surface area (Å²) in [5.74, 6) is 0.731. The van der Waals surface area contributed by atoms with Crippen molar-refractivity contribution in [3.05, 3.63) is 28.2 Å². The van der Waals surface area contributed by atoms with Crippen LogP contribution in [0.2, 0.25) is 0 Å². The number of rotatable bonds is 2. The quantitative estimate of drug-likeness (QED) is 0.820. The largest absolute Gasteiger partial charge is 0.496 e. The number of nitrogens with zero attached hydrogens (tertiary/aromatic N) is 2. The lowest BCUT2D eigenvalue weighted by atomic mass is 10.1. The molecule has 1 aromatic rings. The first-order valence-corrected chi connectivity index (χ1v) is 8.35. The van der Waals surface area contributed by atoms with Crippen LogP contribution in [0.25, 0.3) is 0 Å². The van der Waals surface area contributed by atoms with Gasteiger partial charge in [-0.05, 0) is 44.0 Å². The Morgan fingerprint density at radius 3 is 2.90 bits per heavy atom. The number of carbonyl (C=O) groups is 1. The minimum absolute atomic E-state index is 0.0908. The highest BCUT2D eigenvalue weighted by molar-refractivity contribution is 9.10. The van der Waals surface area contributed by atoms with Gasteiger partial charge in [0.2, 0.25) is 0 Å². The number of halogens is 1. The molecule has 2 heterocycles. The molecule has 1 unspecified atom stereocenters. The van der Waals surface area contributed by atoms with Gasteiger partial charge < -0.3 is 9.64 Å². The summed E-state index contributed by atoms with van der Waals surface area (Å²) in [5, 5.41) is 0. The van der Waals surface area contributed by atoms with Crippen molar-refractivity contribution in [2.24, 2.45) is 0 Å². The number of benzene rings is 1. The van der Waals surface area contributed by atoms with Crippen molar-refractivity contribution in [3.63, 3.8) is 0 Å². The minimum Gasteiger partial charge on any atom is -0.496 e. The monoisotopic (exact) mass is 352 g/mol. The topological polar surface area (TPSA) is 32.8 Å². The maximum Gasteiger partial charge on any atom is 0.257 e. The zero-order chi connectivity index (χ0) is 14.8. The summed E-state index contributed by atoms with van der Waals surface area (Å²) in [7, 11) is 1.61. The second kappa shape index (κ2) is 6.36. The molecule has 0 spiro atoms. The fraction of sp³-hybridized carbons (Fsp3) is 0.562. The maximum absolute atomic E-state index is 12.8. The highest BCUT2D eigenvalue weighted by Crippen LogP contribution is 2.27. The van der Waals surface area contributed by atoms with E-state index in [1.54, 1.807) is 7.11 Å². The zero-order valence-electron chi connectivity index (χ0n) is 12.3. The Morgan fingerprint density at radius 1 is 1.29 bits per heavy atom. The Bertz CT molecular complexity index is 535. The van der Waals surface area contributed by atoms with E-state index in [0.29, 0.717) is 17.4 Å². The van der Waals surface area contributed by atoms with Crippen LogP contribution in [-0.4, -0.2) is 55.0 Å². The molecule has 2 aliphatic rings. The van der Waals surface area contributed by atoms with E-state index in [4.69, 9.17) is 4.74 Å². The van der Waals surface area contributed by atoms with Crippen molar-refractivity contribution in [1.29, 1.82) is 0 Å². The molecular formula is C16H21BrN2O2. The summed E-state index contributed by atoms with van der Waals surface area (Å²) < 4.78 is 6.29. The summed E-state index contributed by atoms with van der Waals surface area (Å²) in [4.78, 5) is 17.4. The molecule has 2 aliphatic heterocycles. The van der Waals surface area contributed by atoms with Crippen molar-refractivity contribution in [2.45, 2.75) is 25.3 Å². The Hall–Kier alpha value is -1.07. The highest BCUT2D eigenvalue weighted by Gasteiger charge is 2.31. The zero-order valence-corrected chi connectivity index (χ0v) is 13.9. The summed E-state index contributed by atoms with van der Waals surface area (Å²) in [6.45, 7) is 3.99. The van der Waals surface area contributed by atoms with Gasteiger partial charge in [0, 0.05) is 30.1 Å². The Labute approximate surface area is 134 Å². The third kappa shape index (κ3) is 3.09. The van der Waals surface area contributed by atoms with E-state index in [9.17, 15) is 4.79 Å². The van der Waals surface area contributed by atoms with Gasteiger partial charge in [0.1, 0.15) is 5.75 Å². The molecule has 114 valence electrons. The van der Waals surface area contributed by atoms with Crippen LogP contribution in [0.5, 0.6) is 5.75 Å². The normalized spacial score (nSPS) is 22.8. The van der Waals surface area contributed by atoms with Crippen LogP contribution in [0.1, 0.15) is 29.6 Å². The number of ether oxygens (including phenoxy) is 1. The van der Waals surface area contributed by atoms with E-state index in [0.717, 1.165) is 30.5 Å². The van der Waals surface area contributed by atoms with Crippen molar-refractivity contribution in [3.8, 4) is 5.75 Å². The molecule has 2 fully saturated rings. The van der Waals surface area contributed by atoms with Crippen LogP contribution in [0.3, 0.4) is 0 Å². The summed E-state index contributed by atoms with van der Waals surface area (Å²) >= 11 is 3.42. The van der Waals surface area contributed by atoms with E-state index in [1.165, 1.54) is 19.4 Å². The van der Waals surface area contributed by atoms with Gasteiger partial charge in [-0.25, -0.2) is 0 Å². The predicted octanol–water partition coefficient (Wildman–Crippen LogP) is 2.77. The molecule has 0 N–H and O–H groups in total. The van der Waals surface area contributed by atoms with Gasteiger partial charge in [-0.1, -0.05) is 15.9 Å². The number of hydrogen-bond acceptors (Lipinski definition) is 3.